The highest BCUT2D eigenvalue weighted by atomic mass is 19.1. The number of halogens is 2. The third-order valence-corrected chi connectivity index (χ3v) is 8.20. The number of imide groups is 1. The predicted octanol–water partition coefficient (Wildman–Crippen LogP) is 2.26. The highest BCUT2D eigenvalue weighted by Crippen LogP contribution is 2.41. The fraction of sp³-hybridized carbons (Fsp3) is 0.361. The Morgan fingerprint density at radius 1 is 0.960 bits per heavy atom. The summed E-state index contributed by atoms with van der Waals surface area (Å²) in [5, 5.41) is 15.2. The normalized spacial score (nSPS) is 14.1. The van der Waals surface area contributed by atoms with Crippen LogP contribution in [0.25, 0.3) is 11.1 Å². The Morgan fingerprint density at radius 3 is 2.26 bits per heavy atom. The van der Waals surface area contributed by atoms with Crippen LogP contribution in [0.1, 0.15) is 44.5 Å². The average molecular weight is 693 g/mol. The lowest BCUT2D eigenvalue weighted by atomic mass is 9.82. The van der Waals surface area contributed by atoms with Crippen molar-refractivity contribution in [2.45, 2.75) is 45.8 Å². The van der Waals surface area contributed by atoms with Crippen LogP contribution in [0.3, 0.4) is 0 Å². The van der Waals surface area contributed by atoms with Gasteiger partial charge in [-0.15, -0.1) is 0 Å². The Bertz CT molecular complexity index is 1730. The highest BCUT2D eigenvalue weighted by molar-refractivity contribution is 6.14. The van der Waals surface area contributed by atoms with Gasteiger partial charge < -0.3 is 30.9 Å². The molecule has 4 rings (SSSR count). The number of carbonyl (C=O) groups excluding carboxylic acids is 5. The second-order valence-electron chi connectivity index (χ2n) is 13.0. The molecule has 3 aromatic rings. The summed E-state index contributed by atoms with van der Waals surface area (Å²) >= 11 is 0. The number of rotatable bonds is 15. The Labute approximate surface area is 288 Å². The topological polar surface area (TPSA) is 167 Å². The fourth-order valence-corrected chi connectivity index (χ4v) is 5.81. The first-order valence-electron chi connectivity index (χ1n) is 16.1. The maximum atomic E-state index is 15.0. The summed E-state index contributed by atoms with van der Waals surface area (Å²) in [5.41, 5.74) is 7.53. The number of hydrogen-bond donors (Lipinski definition) is 4. The first kappa shape index (κ1) is 37.6. The predicted molar refractivity (Wildman–Crippen MR) is 181 cm³/mol. The van der Waals surface area contributed by atoms with Gasteiger partial charge in [0.2, 0.25) is 17.7 Å². The molecule has 2 aromatic carbocycles. The molecule has 12 nitrogen and oxygen atoms in total. The van der Waals surface area contributed by atoms with E-state index in [9.17, 15) is 37.9 Å². The lowest BCUT2D eigenvalue weighted by molar-refractivity contribution is -0.141. The molecule has 1 aliphatic heterocycles. The third kappa shape index (κ3) is 9.48. The first-order chi connectivity index (χ1) is 23.7. The molecule has 0 aliphatic carbocycles. The standard InChI is InChI=1S/C36H42F2N6O6/c1-36(2,3)34(29-17-24(26-18-25(37)9-10-27(26)38)20-42(29)19-23-7-5-4-6-8-23)43(33(49)22-45)16-13-28(39)35(50)41-15-14-40-30(46)21-44-31(47)11-12-32(44)48/h4-12,17-18,20,28,34,45H,13-16,19,21-22,39H2,1-3H3,(H,40,46)(H,41,50)/t28-,34?/m0/s1. The minimum atomic E-state index is -1.07. The van der Waals surface area contributed by atoms with Crippen molar-refractivity contribution in [3.63, 3.8) is 0 Å². The molecule has 14 heteroatoms. The summed E-state index contributed by atoms with van der Waals surface area (Å²) < 4.78 is 31.1. The van der Waals surface area contributed by atoms with Gasteiger partial charge in [0.15, 0.2) is 0 Å². The zero-order chi connectivity index (χ0) is 36.6. The van der Waals surface area contributed by atoms with Crippen molar-refractivity contribution in [1.29, 1.82) is 0 Å². The van der Waals surface area contributed by atoms with Gasteiger partial charge in [-0.1, -0.05) is 51.1 Å². The number of aliphatic hydroxyl groups is 1. The van der Waals surface area contributed by atoms with Gasteiger partial charge >= 0.3 is 0 Å². The van der Waals surface area contributed by atoms with Gasteiger partial charge in [-0.05, 0) is 41.7 Å². The summed E-state index contributed by atoms with van der Waals surface area (Å²) in [6.45, 7) is 4.79. The molecule has 5 amide bonds. The van der Waals surface area contributed by atoms with E-state index in [-0.39, 0.29) is 31.6 Å². The molecule has 1 unspecified atom stereocenters. The molecule has 5 N–H and O–H groups in total. The molecule has 2 atom stereocenters. The van der Waals surface area contributed by atoms with Crippen molar-refractivity contribution in [3.05, 3.63) is 95.8 Å². The van der Waals surface area contributed by atoms with Gasteiger partial charge in [0, 0.05) is 61.3 Å². The molecule has 0 spiro atoms. The van der Waals surface area contributed by atoms with Crippen molar-refractivity contribution in [1.82, 2.24) is 25.0 Å². The minimum Gasteiger partial charge on any atom is -0.387 e. The van der Waals surface area contributed by atoms with Gasteiger partial charge in [-0.25, -0.2) is 8.78 Å². The van der Waals surface area contributed by atoms with Crippen molar-refractivity contribution >= 4 is 29.5 Å². The molecular formula is C36H42F2N6O6. The molecule has 1 aromatic heterocycles. The second-order valence-corrected chi connectivity index (χ2v) is 13.0. The largest absolute Gasteiger partial charge is 0.387 e. The Balaban J connectivity index is 1.50. The number of nitrogens with one attached hydrogen (secondary N) is 2. The van der Waals surface area contributed by atoms with E-state index in [0.29, 0.717) is 17.8 Å². The van der Waals surface area contributed by atoms with E-state index in [4.69, 9.17) is 5.73 Å². The molecule has 0 saturated carbocycles. The van der Waals surface area contributed by atoms with E-state index in [1.165, 1.54) is 4.90 Å². The van der Waals surface area contributed by atoms with E-state index in [1.807, 2.05) is 55.7 Å². The Morgan fingerprint density at radius 2 is 1.62 bits per heavy atom. The molecule has 2 heterocycles. The molecule has 266 valence electrons. The first-order valence-corrected chi connectivity index (χ1v) is 16.1. The quantitative estimate of drug-likeness (QED) is 0.140. The summed E-state index contributed by atoms with van der Waals surface area (Å²) in [4.78, 5) is 63.8. The number of aromatic nitrogens is 1. The lowest BCUT2D eigenvalue weighted by Gasteiger charge is -2.41. The molecule has 0 saturated heterocycles. The zero-order valence-electron chi connectivity index (χ0n) is 28.2. The zero-order valence-corrected chi connectivity index (χ0v) is 28.2. The van der Waals surface area contributed by atoms with E-state index < -0.39 is 71.8 Å². The van der Waals surface area contributed by atoms with Crippen LogP contribution in [-0.2, 0) is 30.5 Å². The van der Waals surface area contributed by atoms with Crippen LogP contribution in [0.15, 0.2) is 72.9 Å². The van der Waals surface area contributed by atoms with Crippen molar-refractivity contribution in [2.75, 3.05) is 32.8 Å². The molecule has 1 aliphatic rings. The van der Waals surface area contributed by atoms with Crippen LogP contribution in [0, 0.1) is 17.0 Å². The van der Waals surface area contributed by atoms with E-state index in [0.717, 1.165) is 40.8 Å². The van der Waals surface area contributed by atoms with Gasteiger partial charge in [0.05, 0.1) is 12.1 Å². The fourth-order valence-electron chi connectivity index (χ4n) is 5.81. The smallest absolute Gasteiger partial charge is 0.254 e. The molecule has 0 radical (unpaired) electrons. The lowest BCUT2D eigenvalue weighted by Crippen LogP contribution is -2.48. The van der Waals surface area contributed by atoms with E-state index in [2.05, 4.69) is 10.6 Å². The number of aliphatic hydroxyl groups excluding tert-OH is 1. The average Bonchev–Trinajstić information content (AvgIpc) is 3.62. The van der Waals surface area contributed by atoms with Crippen LogP contribution in [0.5, 0.6) is 0 Å². The summed E-state index contributed by atoms with van der Waals surface area (Å²) in [6, 6.07) is 12.6. The SMILES string of the molecule is CC(C)(C)C(c1cc(-c2cc(F)ccc2F)cn1Cc1ccccc1)N(CC[C@H](N)C(=O)NCCNC(=O)CN1C(=O)C=CC1=O)C(=O)CO. The van der Waals surface area contributed by atoms with Crippen LogP contribution < -0.4 is 16.4 Å². The number of nitrogens with zero attached hydrogens (tertiary/aromatic N) is 3. The number of carbonyl (C=O) groups is 5. The van der Waals surface area contributed by atoms with E-state index >= 15 is 0 Å². The number of amides is 5. The van der Waals surface area contributed by atoms with E-state index in [1.54, 1.807) is 12.3 Å². The van der Waals surface area contributed by atoms with Crippen molar-refractivity contribution < 1.29 is 37.9 Å². The molecule has 0 fully saturated rings. The van der Waals surface area contributed by atoms with Crippen LogP contribution in [0.2, 0.25) is 0 Å². The summed E-state index contributed by atoms with van der Waals surface area (Å²) in [5.74, 6) is -4.14. The van der Waals surface area contributed by atoms with Gasteiger partial charge in [-0.3, -0.25) is 28.9 Å². The van der Waals surface area contributed by atoms with Crippen LogP contribution in [-0.4, -0.2) is 87.8 Å². The number of nitrogens with two attached hydrogens (primary N) is 1. The molecule has 50 heavy (non-hydrogen) atoms. The molecule has 0 bridgehead atoms. The van der Waals surface area contributed by atoms with Crippen LogP contribution >= 0.6 is 0 Å². The van der Waals surface area contributed by atoms with Crippen molar-refractivity contribution in [3.8, 4) is 11.1 Å². The Kier molecular flexibility index (Phi) is 12.4. The minimum absolute atomic E-state index is 0.00741. The maximum absolute atomic E-state index is 15.0. The van der Waals surface area contributed by atoms with Gasteiger partial charge in [0.25, 0.3) is 11.8 Å². The summed E-state index contributed by atoms with van der Waals surface area (Å²) in [6.07, 6.45) is 3.86. The highest BCUT2D eigenvalue weighted by Gasteiger charge is 2.37. The second kappa shape index (κ2) is 16.5. The third-order valence-electron chi connectivity index (χ3n) is 8.20. The monoisotopic (exact) mass is 692 g/mol. The number of hydrogen-bond acceptors (Lipinski definition) is 7. The van der Waals surface area contributed by atoms with Gasteiger partial charge in [0.1, 0.15) is 24.8 Å². The number of benzene rings is 2. The Hall–Kier alpha value is -5.21. The summed E-state index contributed by atoms with van der Waals surface area (Å²) in [7, 11) is 0. The maximum Gasteiger partial charge on any atom is 0.254 e. The molecular weight excluding hydrogens is 650 g/mol. The van der Waals surface area contributed by atoms with Gasteiger partial charge in [-0.2, -0.15) is 0 Å². The van der Waals surface area contributed by atoms with Crippen molar-refractivity contribution in [2.24, 2.45) is 11.1 Å². The van der Waals surface area contributed by atoms with Crippen LogP contribution in [0.4, 0.5) is 8.78 Å².